The van der Waals surface area contributed by atoms with Crippen LogP contribution in [0.1, 0.15) is 17.5 Å². The van der Waals surface area contributed by atoms with Gasteiger partial charge in [-0.25, -0.2) is 0 Å². The van der Waals surface area contributed by atoms with Crippen LogP contribution in [0.25, 0.3) is 11.3 Å². The molecule has 1 amide bonds. The van der Waals surface area contributed by atoms with E-state index in [1.165, 1.54) is 0 Å². The van der Waals surface area contributed by atoms with E-state index in [0.29, 0.717) is 18.5 Å². The van der Waals surface area contributed by atoms with Gasteiger partial charge in [-0.05, 0) is 30.2 Å². The number of carbonyl (C=O) groups excluding carboxylic acids is 1. The number of fused-ring (bicyclic) bond motifs is 1. The van der Waals surface area contributed by atoms with Crippen LogP contribution in [0.3, 0.4) is 0 Å². The zero-order valence-electron chi connectivity index (χ0n) is 12.4. The normalized spacial score (nSPS) is 15.1. The van der Waals surface area contributed by atoms with Gasteiger partial charge in [-0.15, -0.1) is 0 Å². The average Bonchev–Trinajstić information content (AvgIpc) is 2.88. The Labute approximate surface area is 142 Å². The number of carbonyl (C=O) groups is 1. The molecule has 2 aromatic rings. The number of halogens is 2. The second-order valence-corrected chi connectivity index (χ2v) is 6.15. The van der Waals surface area contributed by atoms with Crippen molar-refractivity contribution in [2.24, 2.45) is 0 Å². The minimum absolute atomic E-state index is 0.148. The summed E-state index contributed by atoms with van der Waals surface area (Å²) in [5, 5.41) is 6.12. The molecule has 0 unspecified atom stereocenters. The molecular weight excluding hydrogens is 359 g/mol. The maximum absolute atomic E-state index is 12.5. The number of hydrogen-bond donors (Lipinski definition) is 2. The van der Waals surface area contributed by atoms with Crippen LogP contribution in [0.4, 0.5) is 10.1 Å². The summed E-state index contributed by atoms with van der Waals surface area (Å²) in [6.45, 7) is 0.0829. The third-order valence-electron chi connectivity index (χ3n) is 3.65. The molecule has 0 atom stereocenters. The van der Waals surface area contributed by atoms with Crippen molar-refractivity contribution in [3.05, 3.63) is 64.1 Å². The number of alkyl halides is 1. The summed E-state index contributed by atoms with van der Waals surface area (Å²) in [6, 6.07) is 15.3. The lowest BCUT2D eigenvalue weighted by molar-refractivity contribution is -0.110. The standard InChI is InChI=1S/C18H16BrFN2O/c19-13-7-8-15-14(11-13)16(18(23)22-15)17(21-10-4-9-20)12-5-2-1-3-6-12/h1-3,5-8,11,21H,4,9-10H2,(H,22,23)/b17-16-. The highest BCUT2D eigenvalue weighted by Crippen LogP contribution is 2.37. The molecule has 0 radical (unpaired) electrons. The fraction of sp³-hybridized carbons (Fsp3) is 0.167. The Morgan fingerprint density at radius 2 is 1.96 bits per heavy atom. The number of amides is 1. The summed E-state index contributed by atoms with van der Waals surface area (Å²) in [5.74, 6) is -0.148. The van der Waals surface area contributed by atoms with E-state index >= 15 is 0 Å². The van der Waals surface area contributed by atoms with E-state index < -0.39 is 6.67 Å². The number of anilines is 1. The van der Waals surface area contributed by atoms with Gasteiger partial charge in [0.2, 0.25) is 0 Å². The Morgan fingerprint density at radius 3 is 2.70 bits per heavy atom. The van der Waals surface area contributed by atoms with Gasteiger partial charge in [-0.3, -0.25) is 9.18 Å². The van der Waals surface area contributed by atoms with Crippen LogP contribution in [-0.4, -0.2) is 19.1 Å². The van der Waals surface area contributed by atoms with Crippen LogP contribution in [-0.2, 0) is 4.79 Å². The highest BCUT2D eigenvalue weighted by molar-refractivity contribution is 9.10. The van der Waals surface area contributed by atoms with Crippen LogP contribution < -0.4 is 10.6 Å². The van der Waals surface area contributed by atoms with E-state index in [1.54, 1.807) is 0 Å². The first-order chi connectivity index (χ1) is 11.2. The van der Waals surface area contributed by atoms with Gasteiger partial charge in [0.05, 0.1) is 17.9 Å². The van der Waals surface area contributed by atoms with E-state index in [4.69, 9.17) is 0 Å². The van der Waals surface area contributed by atoms with Crippen molar-refractivity contribution in [1.82, 2.24) is 5.32 Å². The first-order valence-corrected chi connectivity index (χ1v) is 8.21. The molecule has 3 nitrogen and oxygen atoms in total. The third-order valence-corrected chi connectivity index (χ3v) is 4.14. The summed E-state index contributed by atoms with van der Waals surface area (Å²) >= 11 is 3.45. The van der Waals surface area contributed by atoms with Crippen molar-refractivity contribution in [1.29, 1.82) is 0 Å². The zero-order valence-corrected chi connectivity index (χ0v) is 14.0. The molecule has 0 saturated heterocycles. The van der Waals surface area contributed by atoms with Gasteiger partial charge in [-0.1, -0.05) is 46.3 Å². The molecule has 0 spiro atoms. The number of hydrogen-bond acceptors (Lipinski definition) is 2. The van der Waals surface area contributed by atoms with Gasteiger partial charge in [-0.2, -0.15) is 0 Å². The van der Waals surface area contributed by atoms with Gasteiger partial charge in [0.1, 0.15) is 0 Å². The van der Waals surface area contributed by atoms with Gasteiger partial charge in [0.15, 0.2) is 0 Å². The summed E-state index contributed by atoms with van der Waals surface area (Å²) in [7, 11) is 0. The van der Waals surface area contributed by atoms with E-state index in [-0.39, 0.29) is 5.91 Å². The molecule has 1 heterocycles. The maximum Gasteiger partial charge on any atom is 0.258 e. The Kier molecular flexibility index (Phi) is 4.76. The number of nitrogens with one attached hydrogen (secondary N) is 2. The van der Waals surface area contributed by atoms with Crippen LogP contribution in [0, 0.1) is 0 Å². The number of benzene rings is 2. The highest BCUT2D eigenvalue weighted by Gasteiger charge is 2.28. The molecule has 2 N–H and O–H groups in total. The molecule has 0 fully saturated rings. The predicted octanol–water partition coefficient (Wildman–Crippen LogP) is 4.22. The second kappa shape index (κ2) is 6.96. The Balaban J connectivity index is 2.12. The van der Waals surface area contributed by atoms with Crippen molar-refractivity contribution in [2.45, 2.75) is 6.42 Å². The Hall–Kier alpha value is -2.14. The SMILES string of the molecule is O=C1Nc2ccc(Br)cc2/C1=C(/NCCCF)c1ccccc1. The van der Waals surface area contributed by atoms with Crippen molar-refractivity contribution >= 4 is 38.8 Å². The van der Waals surface area contributed by atoms with E-state index in [2.05, 4.69) is 26.6 Å². The van der Waals surface area contributed by atoms with Gasteiger partial charge in [0, 0.05) is 22.3 Å². The van der Waals surface area contributed by atoms with E-state index in [9.17, 15) is 9.18 Å². The van der Waals surface area contributed by atoms with Crippen molar-refractivity contribution in [2.75, 3.05) is 18.5 Å². The lowest BCUT2D eigenvalue weighted by Gasteiger charge is -2.14. The average molecular weight is 375 g/mol. The van der Waals surface area contributed by atoms with E-state index in [0.717, 1.165) is 27.0 Å². The van der Waals surface area contributed by atoms with Crippen LogP contribution in [0.2, 0.25) is 0 Å². The molecule has 1 aliphatic rings. The first kappa shape index (κ1) is 15.7. The molecule has 3 rings (SSSR count). The van der Waals surface area contributed by atoms with Gasteiger partial charge < -0.3 is 10.6 Å². The zero-order chi connectivity index (χ0) is 16.2. The summed E-state index contributed by atoms with van der Waals surface area (Å²) in [6.07, 6.45) is 0.399. The molecular formula is C18H16BrFN2O. The van der Waals surface area contributed by atoms with Crippen molar-refractivity contribution in [3.8, 4) is 0 Å². The first-order valence-electron chi connectivity index (χ1n) is 7.41. The monoisotopic (exact) mass is 374 g/mol. The summed E-state index contributed by atoms with van der Waals surface area (Å²) in [5.41, 5.74) is 3.86. The molecule has 0 aliphatic carbocycles. The molecule has 1 aliphatic heterocycles. The Bertz CT molecular complexity index is 759. The summed E-state index contributed by atoms with van der Waals surface area (Å²) < 4.78 is 13.4. The minimum Gasteiger partial charge on any atom is -0.384 e. The fourth-order valence-corrected chi connectivity index (χ4v) is 2.97. The predicted molar refractivity (Wildman–Crippen MR) is 94.6 cm³/mol. The lowest BCUT2D eigenvalue weighted by atomic mass is 10.0. The maximum atomic E-state index is 12.5. The topological polar surface area (TPSA) is 41.1 Å². The molecule has 0 aromatic heterocycles. The van der Waals surface area contributed by atoms with Crippen LogP contribution >= 0.6 is 15.9 Å². The van der Waals surface area contributed by atoms with Gasteiger partial charge >= 0.3 is 0 Å². The van der Waals surface area contributed by atoms with Crippen molar-refractivity contribution in [3.63, 3.8) is 0 Å². The molecule has 5 heteroatoms. The third kappa shape index (κ3) is 3.29. The highest BCUT2D eigenvalue weighted by atomic mass is 79.9. The van der Waals surface area contributed by atoms with Crippen LogP contribution in [0.15, 0.2) is 53.0 Å². The quantitative estimate of drug-likeness (QED) is 0.607. The van der Waals surface area contributed by atoms with E-state index in [1.807, 2.05) is 48.5 Å². The molecule has 23 heavy (non-hydrogen) atoms. The molecule has 0 saturated carbocycles. The van der Waals surface area contributed by atoms with Gasteiger partial charge in [0.25, 0.3) is 5.91 Å². The van der Waals surface area contributed by atoms with Crippen LogP contribution in [0.5, 0.6) is 0 Å². The molecule has 0 bridgehead atoms. The smallest absolute Gasteiger partial charge is 0.258 e. The molecule has 118 valence electrons. The Morgan fingerprint density at radius 1 is 1.17 bits per heavy atom. The molecule has 2 aromatic carbocycles. The number of rotatable bonds is 5. The minimum atomic E-state index is -0.390. The lowest BCUT2D eigenvalue weighted by Crippen LogP contribution is -2.18. The second-order valence-electron chi connectivity index (χ2n) is 5.23. The van der Waals surface area contributed by atoms with Crippen molar-refractivity contribution < 1.29 is 9.18 Å². The summed E-state index contributed by atoms with van der Waals surface area (Å²) in [4.78, 5) is 12.5. The fourth-order valence-electron chi connectivity index (χ4n) is 2.61. The largest absolute Gasteiger partial charge is 0.384 e.